The molecule has 60 valence electrons. The third kappa shape index (κ3) is 1340. The van der Waals surface area contributed by atoms with Crippen LogP contribution < -0.4 is 0 Å². The number of hydrogen-bond donors (Lipinski definition) is 0. The number of rotatable bonds is 0. The normalized spacial score (nSPS) is 2.67. The summed E-state index contributed by atoms with van der Waals surface area (Å²) in [4.78, 5) is 0. The average molecular weight is 172 g/mol. The van der Waals surface area contributed by atoms with Crippen molar-refractivity contribution < 1.29 is 17.1 Å². The van der Waals surface area contributed by atoms with Gasteiger partial charge < -0.3 is 27.7 Å². The summed E-state index contributed by atoms with van der Waals surface area (Å²) in [6.07, 6.45) is 0. The molecule has 0 aromatic rings. The molecule has 9 heavy (non-hydrogen) atoms. The quantitative estimate of drug-likeness (QED) is 0.388. The van der Waals surface area contributed by atoms with Crippen LogP contribution in [0.1, 0.15) is 27.7 Å². The predicted molar refractivity (Wildman–Crippen MR) is 44.1 cm³/mol. The number of hydrogen-bond acceptors (Lipinski definition) is 0. The minimum Gasteiger partial charge on any atom is -0.346 e. The monoisotopic (exact) mass is 172 g/mol. The Hall–Kier alpha value is 0.519. The molecule has 0 bridgehead atoms. The van der Waals surface area contributed by atoms with Crippen molar-refractivity contribution in [2.45, 2.75) is 27.7 Å². The van der Waals surface area contributed by atoms with Gasteiger partial charge in [-0.1, -0.05) is 0 Å². The molecular formula is C8H20Fe. The zero-order valence-corrected chi connectivity index (χ0v) is 8.29. The Morgan fingerprint density at radius 3 is 0.444 bits per heavy atom. The van der Waals surface area contributed by atoms with E-state index in [1.54, 1.807) is 27.7 Å². The fraction of sp³-hybridized carbons (Fsp3) is 0.500. The molecule has 0 N–H and O–H groups in total. The van der Waals surface area contributed by atoms with Crippen LogP contribution in [0.3, 0.4) is 0 Å². The molecule has 0 fully saturated rings. The van der Waals surface area contributed by atoms with E-state index in [4.69, 9.17) is 0 Å². The van der Waals surface area contributed by atoms with E-state index in [-0.39, 0.29) is 17.1 Å². The predicted octanol–water partition coefficient (Wildman–Crippen LogP) is 3.36. The zero-order valence-electron chi connectivity index (χ0n) is 7.18. The molecule has 0 heterocycles. The Bertz CT molecular complexity index is 4.53. The maximum absolute atomic E-state index is 3.25. The molecule has 0 rings (SSSR count). The maximum atomic E-state index is 3.25. The molecule has 0 aromatic carbocycles. The first-order valence-electron chi connectivity index (χ1n) is 2.83. The van der Waals surface area contributed by atoms with Gasteiger partial charge in [0.05, 0.1) is 0 Å². The van der Waals surface area contributed by atoms with E-state index >= 15 is 0 Å². The summed E-state index contributed by atoms with van der Waals surface area (Å²) in [5.74, 6) is 0. The first kappa shape index (κ1) is 33.8. The van der Waals surface area contributed by atoms with E-state index in [1.165, 1.54) is 0 Å². The largest absolute Gasteiger partial charge is 4.00 e. The zero-order chi connectivity index (χ0) is 8.00. The molecule has 0 nitrogen and oxygen atoms in total. The molecule has 0 aliphatic carbocycles. The molecule has 0 aromatic heterocycles. The summed E-state index contributed by atoms with van der Waals surface area (Å²) in [6, 6.07) is 0. The van der Waals surface area contributed by atoms with E-state index < -0.39 is 0 Å². The van der Waals surface area contributed by atoms with E-state index in [0.29, 0.717) is 0 Å². The molecule has 0 radical (unpaired) electrons. The van der Waals surface area contributed by atoms with Crippen molar-refractivity contribution in [3.63, 3.8) is 0 Å². The Morgan fingerprint density at radius 1 is 0.444 bits per heavy atom. The van der Waals surface area contributed by atoms with Crippen LogP contribution in [0.15, 0.2) is 0 Å². The smallest absolute Gasteiger partial charge is 0.346 e. The molecule has 0 amide bonds. The molecule has 0 saturated carbocycles. The van der Waals surface area contributed by atoms with E-state index in [2.05, 4.69) is 27.7 Å². The molecule has 1 heteroatoms. The van der Waals surface area contributed by atoms with Crippen LogP contribution in [-0.4, -0.2) is 0 Å². The van der Waals surface area contributed by atoms with E-state index in [1.807, 2.05) is 0 Å². The fourth-order valence-corrected chi connectivity index (χ4v) is 0. The second-order valence-corrected chi connectivity index (χ2v) is 0. The maximum Gasteiger partial charge on any atom is 4.00 e. The molecule has 0 unspecified atom stereocenters. The fourth-order valence-electron chi connectivity index (χ4n) is 0. The SMILES string of the molecule is [CH2-]C.[CH2-]C.[CH2-]C.[CH2-]C.[Fe+4]. The Morgan fingerprint density at radius 2 is 0.444 bits per heavy atom. The molecule has 0 saturated heterocycles. The summed E-state index contributed by atoms with van der Waals surface area (Å²) >= 11 is 0. The van der Waals surface area contributed by atoms with Crippen LogP contribution in [0.25, 0.3) is 0 Å². The minimum absolute atomic E-state index is 0. The Kier molecular flexibility index (Phi) is 6710. The topological polar surface area (TPSA) is 0 Å². The van der Waals surface area contributed by atoms with E-state index in [9.17, 15) is 0 Å². The van der Waals surface area contributed by atoms with Gasteiger partial charge in [-0.3, -0.25) is 0 Å². The van der Waals surface area contributed by atoms with Crippen molar-refractivity contribution in [3.05, 3.63) is 27.7 Å². The Balaban J connectivity index is -0.00000000762. The van der Waals surface area contributed by atoms with Gasteiger partial charge in [0.1, 0.15) is 0 Å². The second-order valence-electron chi connectivity index (χ2n) is 0. The summed E-state index contributed by atoms with van der Waals surface area (Å²) in [5, 5.41) is 0. The summed E-state index contributed by atoms with van der Waals surface area (Å²) in [5.41, 5.74) is 0. The first-order valence-corrected chi connectivity index (χ1v) is 2.83. The molecule has 0 aliphatic heterocycles. The van der Waals surface area contributed by atoms with Gasteiger partial charge in [0.25, 0.3) is 0 Å². The van der Waals surface area contributed by atoms with Crippen molar-refractivity contribution in [1.29, 1.82) is 0 Å². The third-order valence-electron chi connectivity index (χ3n) is 0. The summed E-state index contributed by atoms with van der Waals surface area (Å²) in [6.45, 7) is 20.0. The van der Waals surface area contributed by atoms with Gasteiger partial charge in [-0.2, -0.15) is 27.7 Å². The van der Waals surface area contributed by atoms with Crippen LogP contribution in [0.2, 0.25) is 0 Å². The van der Waals surface area contributed by atoms with Crippen LogP contribution in [0, 0.1) is 27.7 Å². The van der Waals surface area contributed by atoms with Crippen molar-refractivity contribution in [1.82, 2.24) is 0 Å². The summed E-state index contributed by atoms with van der Waals surface area (Å²) in [7, 11) is 0. The van der Waals surface area contributed by atoms with Crippen LogP contribution >= 0.6 is 0 Å². The minimum atomic E-state index is 0. The van der Waals surface area contributed by atoms with Crippen molar-refractivity contribution in [2.24, 2.45) is 0 Å². The van der Waals surface area contributed by atoms with Crippen LogP contribution in [-0.2, 0) is 17.1 Å². The van der Waals surface area contributed by atoms with Crippen LogP contribution in [0.4, 0.5) is 0 Å². The van der Waals surface area contributed by atoms with Crippen molar-refractivity contribution >= 4 is 0 Å². The molecule has 0 atom stereocenters. The van der Waals surface area contributed by atoms with Crippen LogP contribution in [0.5, 0.6) is 0 Å². The van der Waals surface area contributed by atoms with Crippen molar-refractivity contribution in [3.8, 4) is 0 Å². The average Bonchev–Trinajstić information content (AvgIpc) is 2.03. The van der Waals surface area contributed by atoms with Gasteiger partial charge in [-0.15, -0.1) is 0 Å². The summed E-state index contributed by atoms with van der Waals surface area (Å²) < 4.78 is 0. The van der Waals surface area contributed by atoms with Gasteiger partial charge in [-0.05, 0) is 0 Å². The first-order chi connectivity index (χ1) is 4.00. The Labute approximate surface area is 72.9 Å². The van der Waals surface area contributed by atoms with Gasteiger partial charge in [-0.25, -0.2) is 0 Å². The van der Waals surface area contributed by atoms with Gasteiger partial charge in [0, 0.05) is 0 Å². The van der Waals surface area contributed by atoms with Gasteiger partial charge in [0.15, 0.2) is 0 Å². The molecular weight excluding hydrogens is 152 g/mol. The molecule has 0 spiro atoms. The second kappa shape index (κ2) is 1790. The van der Waals surface area contributed by atoms with Gasteiger partial charge >= 0.3 is 17.1 Å². The third-order valence-corrected chi connectivity index (χ3v) is 0. The van der Waals surface area contributed by atoms with Gasteiger partial charge in [0.2, 0.25) is 0 Å². The van der Waals surface area contributed by atoms with E-state index in [0.717, 1.165) is 0 Å². The molecule has 0 aliphatic rings. The standard InChI is InChI=1S/4C2H5.Fe/c4*1-2;/h4*1H2,2H3;/q4*-1;+4. The van der Waals surface area contributed by atoms with Crippen molar-refractivity contribution in [2.75, 3.05) is 0 Å².